The van der Waals surface area contributed by atoms with Crippen LogP contribution in [-0.2, 0) is 11.3 Å². The molecular weight excluding hydrogens is 316 g/mol. The van der Waals surface area contributed by atoms with Gasteiger partial charge in [0.25, 0.3) is 0 Å². The van der Waals surface area contributed by atoms with Gasteiger partial charge in [-0.25, -0.2) is 0 Å². The highest BCUT2D eigenvalue weighted by molar-refractivity contribution is 9.10. The molecule has 0 saturated heterocycles. The quantitative estimate of drug-likeness (QED) is 0.935. The molecule has 2 rings (SSSR count). The molecule has 1 atom stereocenters. The minimum absolute atomic E-state index is 0.0869. The summed E-state index contributed by atoms with van der Waals surface area (Å²) in [6.45, 7) is 0.540. The van der Waals surface area contributed by atoms with Gasteiger partial charge in [-0.3, -0.25) is 4.79 Å². The fourth-order valence-corrected chi connectivity index (χ4v) is 2.47. The lowest BCUT2D eigenvalue weighted by molar-refractivity contribution is -0.131. The summed E-state index contributed by atoms with van der Waals surface area (Å²) < 4.78 is 1.00. The van der Waals surface area contributed by atoms with Crippen molar-refractivity contribution < 1.29 is 4.79 Å². The van der Waals surface area contributed by atoms with Gasteiger partial charge < -0.3 is 10.6 Å². The summed E-state index contributed by atoms with van der Waals surface area (Å²) in [6, 6.07) is 16.7. The molecule has 0 heterocycles. The van der Waals surface area contributed by atoms with Crippen LogP contribution in [0.5, 0.6) is 0 Å². The predicted octanol–water partition coefficient (Wildman–Crippen LogP) is 3.11. The number of likely N-dealkylation sites (N-methyl/N-ethyl adjacent to an activating group) is 1. The van der Waals surface area contributed by atoms with Gasteiger partial charge in [-0.2, -0.15) is 0 Å². The van der Waals surface area contributed by atoms with Crippen LogP contribution in [0.2, 0.25) is 0 Å². The Morgan fingerprint density at radius 1 is 1.20 bits per heavy atom. The van der Waals surface area contributed by atoms with E-state index in [2.05, 4.69) is 15.9 Å². The Hall–Kier alpha value is -1.65. The van der Waals surface area contributed by atoms with E-state index in [9.17, 15) is 4.79 Å². The van der Waals surface area contributed by atoms with E-state index >= 15 is 0 Å². The highest BCUT2D eigenvalue weighted by Crippen LogP contribution is 2.16. The molecule has 0 bridgehead atoms. The molecule has 0 fully saturated rings. The lowest BCUT2D eigenvalue weighted by Gasteiger charge is -2.21. The molecule has 0 unspecified atom stereocenters. The van der Waals surface area contributed by atoms with Crippen LogP contribution >= 0.6 is 15.9 Å². The van der Waals surface area contributed by atoms with Crippen LogP contribution in [0.4, 0.5) is 0 Å². The third-order valence-corrected chi connectivity index (χ3v) is 3.60. The maximum absolute atomic E-state index is 12.3. The Kier molecular flexibility index (Phi) is 4.93. The molecule has 1 amide bonds. The van der Waals surface area contributed by atoms with Gasteiger partial charge in [-0.15, -0.1) is 0 Å². The van der Waals surface area contributed by atoms with E-state index in [0.29, 0.717) is 6.54 Å². The van der Waals surface area contributed by atoms with Crippen LogP contribution in [-0.4, -0.2) is 17.9 Å². The van der Waals surface area contributed by atoms with Gasteiger partial charge in [0.2, 0.25) is 5.91 Å². The normalized spacial score (nSPS) is 11.9. The Morgan fingerprint density at radius 2 is 1.90 bits per heavy atom. The van der Waals surface area contributed by atoms with Crippen LogP contribution in [0.1, 0.15) is 17.2 Å². The standard InChI is InChI=1S/C16H17BrN2O/c1-19(11-12-6-5-9-14(17)10-12)16(20)15(18)13-7-3-2-4-8-13/h2-10,15H,11,18H2,1H3/t15-/m0/s1. The number of benzene rings is 2. The van der Waals surface area contributed by atoms with Gasteiger partial charge in [0, 0.05) is 18.1 Å². The second-order valence-electron chi connectivity index (χ2n) is 4.71. The van der Waals surface area contributed by atoms with Crippen LogP contribution in [0.3, 0.4) is 0 Å². The van der Waals surface area contributed by atoms with Gasteiger partial charge in [-0.05, 0) is 23.3 Å². The van der Waals surface area contributed by atoms with Gasteiger partial charge in [0.15, 0.2) is 0 Å². The largest absolute Gasteiger partial charge is 0.340 e. The SMILES string of the molecule is CN(Cc1cccc(Br)c1)C(=O)[C@@H](N)c1ccccc1. The fourth-order valence-electron chi connectivity index (χ4n) is 2.03. The third kappa shape index (κ3) is 3.68. The average molecular weight is 333 g/mol. The van der Waals surface area contributed by atoms with Crippen molar-refractivity contribution in [1.82, 2.24) is 4.90 Å². The smallest absolute Gasteiger partial charge is 0.244 e. The molecule has 0 spiro atoms. The van der Waals surface area contributed by atoms with Crippen molar-refractivity contribution in [2.75, 3.05) is 7.05 Å². The van der Waals surface area contributed by atoms with E-state index in [0.717, 1.165) is 15.6 Å². The summed E-state index contributed by atoms with van der Waals surface area (Å²) in [6.07, 6.45) is 0. The molecule has 0 saturated carbocycles. The molecule has 0 radical (unpaired) electrons. The zero-order valence-electron chi connectivity index (χ0n) is 11.3. The van der Waals surface area contributed by atoms with Crippen LogP contribution in [0.15, 0.2) is 59.1 Å². The van der Waals surface area contributed by atoms with Gasteiger partial charge in [0.05, 0.1) is 0 Å². The van der Waals surface area contributed by atoms with Crippen molar-refractivity contribution in [3.05, 3.63) is 70.2 Å². The summed E-state index contributed by atoms with van der Waals surface area (Å²) in [4.78, 5) is 14.0. The number of hydrogen-bond acceptors (Lipinski definition) is 2. The van der Waals surface area contributed by atoms with Gasteiger partial charge >= 0.3 is 0 Å². The first kappa shape index (κ1) is 14.8. The Balaban J connectivity index is 2.05. The maximum atomic E-state index is 12.3. The first-order valence-electron chi connectivity index (χ1n) is 6.38. The highest BCUT2D eigenvalue weighted by Gasteiger charge is 2.19. The lowest BCUT2D eigenvalue weighted by atomic mass is 10.1. The summed E-state index contributed by atoms with van der Waals surface area (Å²) in [7, 11) is 1.77. The topological polar surface area (TPSA) is 46.3 Å². The predicted molar refractivity (Wildman–Crippen MR) is 84.0 cm³/mol. The zero-order chi connectivity index (χ0) is 14.5. The second kappa shape index (κ2) is 6.68. The van der Waals surface area contributed by atoms with E-state index < -0.39 is 6.04 Å². The number of carbonyl (C=O) groups excluding carboxylic acids is 1. The fraction of sp³-hybridized carbons (Fsp3) is 0.188. The molecule has 4 heteroatoms. The molecule has 2 N–H and O–H groups in total. The van der Waals surface area contributed by atoms with Crippen LogP contribution in [0, 0.1) is 0 Å². The first-order valence-corrected chi connectivity index (χ1v) is 7.17. The monoisotopic (exact) mass is 332 g/mol. The van der Waals surface area contributed by atoms with E-state index in [1.165, 1.54) is 0 Å². The highest BCUT2D eigenvalue weighted by atomic mass is 79.9. The van der Waals surface area contributed by atoms with Crippen molar-refractivity contribution >= 4 is 21.8 Å². The molecule has 0 aromatic heterocycles. The number of carbonyl (C=O) groups is 1. The number of hydrogen-bond donors (Lipinski definition) is 1. The van der Waals surface area contributed by atoms with E-state index in [4.69, 9.17) is 5.73 Å². The Bertz CT molecular complexity index is 586. The molecule has 3 nitrogen and oxygen atoms in total. The second-order valence-corrected chi connectivity index (χ2v) is 5.63. The van der Waals surface area contributed by atoms with E-state index in [1.54, 1.807) is 11.9 Å². The van der Waals surface area contributed by atoms with Crippen molar-refractivity contribution in [3.63, 3.8) is 0 Å². The van der Waals surface area contributed by atoms with Crippen molar-refractivity contribution in [1.29, 1.82) is 0 Å². The maximum Gasteiger partial charge on any atom is 0.244 e. The molecular formula is C16H17BrN2O. The van der Waals surface area contributed by atoms with Gasteiger partial charge in [-0.1, -0.05) is 58.4 Å². The van der Waals surface area contributed by atoms with Crippen molar-refractivity contribution in [2.45, 2.75) is 12.6 Å². The number of amides is 1. The van der Waals surface area contributed by atoms with Gasteiger partial charge in [0.1, 0.15) is 6.04 Å². The number of halogens is 1. The minimum atomic E-state index is -0.617. The number of nitrogens with two attached hydrogens (primary N) is 1. The lowest BCUT2D eigenvalue weighted by Crippen LogP contribution is -2.35. The summed E-state index contributed by atoms with van der Waals surface area (Å²) >= 11 is 3.43. The average Bonchev–Trinajstić information content (AvgIpc) is 2.46. The zero-order valence-corrected chi connectivity index (χ0v) is 12.9. The minimum Gasteiger partial charge on any atom is -0.340 e. The number of nitrogens with zero attached hydrogens (tertiary/aromatic N) is 1. The van der Waals surface area contributed by atoms with Crippen molar-refractivity contribution in [2.24, 2.45) is 5.73 Å². The molecule has 0 aliphatic rings. The molecule has 20 heavy (non-hydrogen) atoms. The van der Waals surface area contributed by atoms with Crippen LogP contribution < -0.4 is 5.73 Å². The summed E-state index contributed by atoms with van der Waals surface area (Å²) in [5.41, 5.74) is 7.92. The molecule has 0 aliphatic carbocycles. The molecule has 104 valence electrons. The summed E-state index contributed by atoms with van der Waals surface area (Å²) in [5.74, 6) is -0.0869. The van der Waals surface area contributed by atoms with Crippen LogP contribution in [0.25, 0.3) is 0 Å². The third-order valence-electron chi connectivity index (χ3n) is 3.11. The molecule has 2 aromatic carbocycles. The van der Waals surface area contributed by atoms with Crippen molar-refractivity contribution in [3.8, 4) is 0 Å². The summed E-state index contributed by atoms with van der Waals surface area (Å²) in [5, 5.41) is 0. The Morgan fingerprint density at radius 3 is 2.55 bits per heavy atom. The molecule has 2 aromatic rings. The van der Waals surface area contributed by atoms with E-state index in [-0.39, 0.29) is 5.91 Å². The number of rotatable bonds is 4. The Labute approximate surface area is 127 Å². The first-order chi connectivity index (χ1) is 9.58. The van der Waals surface area contributed by atoms with E-state index in [1.807, 2.05) is 54.6 Å². The molecule has 0 aliphatic heterocycles.